The molecule has 1 atom stereocenters. The lowest BCUT2D eigenvalue weighted by atomic mass is 10.1. The second-order valence-electron chi connectivity index (χ2n) is 6.98. The van der Waals surface area contributed by atoms with E-state index in [1.54, 1.807) is 17.0 Å². The lowest BCUT2D eigenvalue weighted by Gasteiger charge is -2.19. The largest absolute Gasteiger partial charge is 0.455 e. The van der Waals surface area contributed by atoms with Crippen molar-refractivity contribution in [2.45, 2.75) is 20.3 Å². The quantitative estimate of drug-likeness (QED) is 0.717. The first kappa shape index (κ1) is 21.1. The number of amides is 2. The smallest absolute Gasteiger partial charge is 0.311 e. The molecule has 0 saturated carbocycles. The van der Waals surface area contributed by atoms with Gasteiger partial charge in [0.25, 0.3) is 5.91 Å². The molecule has 6 nitrogen and oxygen atoms in total. The molecule has 0 bridgehead atoms. The van der Waals surface area contributed by atoms with E-state index in [4.69, 9.17) is 27.9 Å². The number of aryl methyl sites for hydroxylation is 2. The molecule has 1 saturated heterocycles. The number of halogens is 2. The molecule has 3 rings (SSSR count). The van der Waals surface area contributed by atoms with E-state index < -0.39 is 24.4 Å². The van der Waals surface area contributed by atoms with Gasteiger partial charge in [0.15, 0.2) is 6.61 Å². The van der Waals surface area contributed by atoms with E-state index in [1.807, 2.05) is 32.0 Å². The maximum atomic E-state index is 12.4. The van der Waals surface area contributed by atoms with Crippen molar-refractivity contribution in [2.75, 3.05) is 23.4 Å². The molecule has 0 unspecified atom stereocenters. The van der Waals surface area contributed by atoms with Crippen molar-refractivity contribution < 1.29 is 19.1 Å². The van der Waals surface area contributed by atoms with E-state index in [2.05, 4.69) is 5.32 Å². The Labute approximate surface area is 178 Å². The van der Waals surface area contributed by atoms with Gasteiger partial charge in [0.1, 0.15) is 0 Å². The molecule has 8 heteroatoms. The maximum Gasteiger partial charge on any atom is 0.311 e. The number of hydrogen-bond donors (Lipinski definition) is 1. The lowest BCUT2D eigenvalue weighted by molar-refractivity contribution is -0.151. The van der Waals surface area contributed by atoms with Crippen LogP contribution in [0.1, 0.15) is 17.5 Å². The lowest BCUT2D eigenvalue weighted by Crippen LogP contribution is -2.28. The third kappa shape index (κ3) is 5.08. The molecule has 2 amide bonds. The van der Waals surface area contributed by atoms with Crippen molar-refractivity contribution in [3.8, 4) is 0 Å². The van der Waals surface area contributed by atoms with Crippen LogP contribution in [0.25, 0.3) is 0 Å². The summed E-state index contributed by atoms with van der Waals surface area (Å²) in [5, 5.41) is 3.25. The Morgan fingerprint density at radius 1 is 1.14 bits per heavy atom. The number of nitrogens with one attached hydrogen (secondary N) is 1. The Morgan fingerprint density at radius 2 is 1.90 bits per heavy atom. The molecule has 1 aliphatic rings. The Hall–Kier alpha value is -2.57. The van der Waals surface area contributed by atoms with Crippen molar-refractivity contribution in [3.63, 3.8) is 0 Å². The van der Waals surface area contributed by atoms with Crippen molar-refractivity contribution in [3.05, 3.63) is 57.6 Å². The number of anilines is 2. The van der Waals surface area contributed by atoms with Crippen LogP contribution >= 0.6 is 23.2 Å². The van der Waals surface area contributed by atoms with Crippen LogP contribution in [-0.4, -0.2) is 30.9 Å². The highest BCUT2D eigenvalue weighted by atomic mass is 35.5. The number of hydrogen-bond acceptors (Lipinski definition) is 4. The van der Waals surface area contributed by atoms with Gasteiger partial charge in [0, 0.05) is 24.3 Å². The summed E-state index contributed by atoms with van der Waals surface area (Å²) in [6.07, 6.45) is 0.0562. The number of carbonyl (C=O) groups excluding carboxylic acids is 3. The summed E-state index contributed by atoms with van der Waals surface area (Å²) in [4.78, 5) is 38.4. The van der Waals surface area contributed by atoms with Crippen LogP contribution in [0.2, 0.25) is 10.0 Å². The first-order chi connectivity index (χ1) is 13.7. The minimum Gasteiger partial charge on any atom is -0.455 e. The van der Waals surface area contributed by atoms with Gasteiger partial charge in [0.05, 0.1) is 16.0 Å². The zero-order valence-corrected chi connectivity index (χ0v) is 17.5. The number of benzene rings is 2. The first-order valence-electron chi connectivity index (χ1n) is 9.03. The minimum absolute atomic E-state index is 0.0562. The fraction of sp³-hybridized carbons (Fsp3) is 0.286. The Bertz CT molecular complexity index is 977. The summed E-state index contributed by atoms with van der Waals surface area (Å²) in [6, 6.07) is 10.5. The molecule has 0 aliphatic carbocycles. The van der Waals surface area contributed by atoms with Crippen LogP contribution in [0.4, 0.5) is 11.4 Å². The Morgan fingerprint density at radius 3 is 2.62 bits per heavy atom. The van der Waals surface area contributed by atoms with Crippen molar-refractivity contribution >= 4 is 52.4 Å². The Balaban J connectivity index is 1.56. The molecule has 29 heavy (non-hydrogen) atoms. The summed E-state index contributed by atoms with van der Waals surface area (Å²) in [7, 11) is 0. The van der Waals surface area contributed by atoms with Gasteiger partial charge in [0.2, 0.25) is 5.91 Å². The highest BCUT2D eigenvalue weighted by molar-refractivity contribution is 6.42. The topological polar surface area (TPSA) is 75.7 Å². The van der Waals surface area contributed by atoms with Crippen LogP contribution in [0.3, 0.4) is 0 Å². The molecular formula is C21H20Cl2N2O4. The minimum atomic E-state index is -0.611. The predicted octanol–water partition coefficient (Wildman–Crippen LogP) is 4.15. The number of nitrogens with zero attached hydrogens (tertiary/aromatic N) is 1. The van der Waals surface area contributed by atoms with E-state index in [9.17, 15) is 14.4 Å². The molecule has 0 aromatic heterocycles. The number of esters is 1. The Kier molecular flexibility index (Phi) is 6.45. The van der Waals surface area contributed by atoms with Gasteiger partial charge in [-0.1, -0.05) is 35.3 Å². The van der Waals surface area contributed by atoms with Gasteiger partial charge < -0.3 is 15.0 Å². The summed E-state index contributed by atoms with van der Waals surface area (Å²) in [6.45, 7) is 3.65. The fourth-order valence-corrected chi connectivity index (χ4v) is 3.43. The van der Waals surface area contributed by atoms with E-state index in [0.717, 1.165) is 16.8 Å². The highest BCUT2D eigenvalue weighted by Crippen LogP contribution is 2.29. The SMILES string of the molecule is Cc1ccc(C)c(N2C[C@H](C(=O)OCC(=O)Nc3ccc(Cl)c(Cl)c3)CC2=O)c1. The van der Waals surface area contributed by atoms with Crippen LogP contribution in [0.5, 0.6) is 0 Å². The van der Waals surface area contributed by atoms with Gasteiger partial charge in [-0.15, -0.1) is 0 Å². The fourth-order valence-electron chi connectivity index (χ4n) is 3.13. The third-order valence-corrected chi connectivity index (χ3v) is 5.40. The predicted molar refractivity (Wildman–Crippen MR) is 112 cm³/mol. The summed E-state index contributed by atoms with van der Waals surface area (Å²) in [5.41, 5.74) is 3.22. The average Bonchev–Trinajstić information content (AvgIpc) is 3.06. The van der Waals surface area contributed by atoms with Crippen LogP contribution in [-0.2, 0) is 19.1 Å². The average molecular weight is 435 g/mol. The number of rotatable bonds is 5. The second-order valence-corrected chi connectivity index (χ2v) is 7.79. The normalized spacial score (nSPS) is 16.1. The van der Waals surface area contributed by atoms with Crippen molar-refractivity contribution in [1.82, 2.24) is 0 Å². The summed E-state index contributed by atoms with van der Waals surface area (Å²) >= 11 is 11.7. The van der Waals surface area contributed by atoms with Gasteiger partial charge in [-0.05, 0) is 49.2 Å². The van der Waals surface area contributed by atoms with Crippen LogP contribution < -0.4 is 10.2 Å². The molecule has 0 radical (unpaired) electrons. The number of ether oxygens (including phenoxy) is 1. The molecular weight excluding hydrogens is 415 g/mol. The van der Waals surface area contributed by atoms with Crippen molar-refractivity contribution in [2.24, 2.45) is 5.92 Å². The second kappa shape index (κ2) is 8.84. The number of carbonyl (C=O) groups is 3. The van der Waals surface area contributed by atoms with Crippen LogP contribution in [0, 0.1) is 19.8 Å². The van der Waals surface area contributed by atoms with E-state index in [-0.39, 0.29) is 18.9 Å². The van der Waals surface area contributed by atoms with E-state index in [0.29, 0.717) is 15.7 Å². The molecule has 1 heterocycles. The van der Waals surface area contributed by atoms with Gasteiger partial charge in [-0.3, -0.25) is 14.4 Å². The molecule has 1 N–H and O–H groups in total. The first-order valence-corrected chi connectivity index (χ1v) is 9.79. The summed E-state index contributed by atoms with van der Waals surface area (Å²) < 4.78 is 5.11. The maximum absolute atomic E-state index is 12.4. The van der Waals surface area contributed by atoms with Gasteiger partial charge >= 0.3 is 5.97 Å². The highest BCUT2D eigenvalue weighted by Gasteiger charge is 2.36. The van der Waals surface area contributed by atoms with Gasteiger partial charge in [-0.25, -0.2) is 0 Å². The molecule has 0 spiro atoms. The zero-order chi connectivity index (χ0) is 21.1. The molecule has 152 valence electrons. The van der Waals surface area contributed by atoms with E-state index in [1.165, 1.54) is 6.07 Å². The molecule has 1 fully saturated rings. The monoisotopic (exact) mass is 434 g/mol. The molecule has 2 aromatic rings. The zero-order valence-electron chi connectivity index (χ0n) is 16.0. The van der Waals surface area contributed by atoms with Gasteiger partial charge in [-0.2, -0.15) is 0 Å². The summed E-state index contributed by atoms with van der Waals surface area (Å²) in [5.74, 6) is -1.83. The third-order valence-electron chi connectivity index (χ3n) is 4.66. The molecule has 2 aromatic carbocycles. The van der Waals surface area contributed by atoms with Crippen molar-refractivity contribution in [1.29, 1.82) is 0 Å². The molecule has 1 aliphatic heterocycles. The standard InChI is InChI=1S/C21H20Cl2N2O4/c1-12-3-4-13(2)18(7-12)25-10-14(8-20(25)27)21(28)29-11-19(26)24-15-5-6-16(22)17(23)9-15/h3-7,9,14H,8,10-11H2,1-2H3,(H,24,26)/t14-/m1/s1. The van der Waals surface area contributed by atoms with Crippen LogP contribution in [0.15, 0.2) is 36.4 Å². The van der Waals surface area contributed by atoms with E-state index >= 15 is 0 Å².